The molecule has 3 rings (SSSR count). The fourth-order valence-electron chi connectivity index (χ4n) is 1.87. The van der Waals surface area contributed by atoms with Crippen LogP contribution in [0.2, 0.25) is 0 Å². The lowest BCUT2D eigenvalue weighted by Gasteiger charge is -2.25. The summed E-state index contributed by atoms with van der Waals surface area (Å²) in [6.07, 6.45) is 6.42. The molecule has 15 heavy (non-hydrogen) atoms. The van der Waals surface area contributed by atoms with Crippen molar-refractivity contribution in [2.24, 2.45) is 10.9 Å². The summed E-state index contributed by atoms with van der Waals surface area (Å²) in [5, 5.41) is 1.67. The van der Waals surface area contributed by atoms with Crippen LogP contribution in [0.15, 0.2) is 28.9 Å². The Hall–Kier alpha value is -1.75. The molecule has 0 saturated carbocycles. The molecule has 1 fully saturated rings. The molecule has 2 heterocycles. The van der Waals surface area contributed by atoms with Crippen LogP contribution in [0, 0.1) is 5.92 Å². The topological polar surface area (TPSA) is 71.4 Å². The summed E-state index contributed by atoms with van der Waals surface area (Å²) in [6.45, 7) is 0.634. The standard InChI is InChI=1S/C10H9N3O2/c14-8-4-7(13-5-12-13)10(15)6-2-1-3-11-9(6)8/h1-4,6,9,12H,5H2. The predicted molar refractivity (Wildman–Crippen MR) is 52.8 cm³/mol. The Morgan fingerprint density at radius 1 is 1.47 bits per heavy atom. The van der Waals surface area contributed by atoms with E-state index >= 15 is 0 Å². The van der Waals surface area contributed by atoms with E-state index in [1.54, 1.807) is 23.4 Å². The van der Waals surface area contributed by atoms with E-state index in [4.69, 9.17) is 0 Å². The summed E-state index contributed by atoms with van der Waals surface area (Å²) < 4.78 is 0. The Balaban J connectivity index is 2.01. The van der Waals surface area contributed by atoms with Crippen LogP contribution in [0.4, 0.5) is 0 Å². The molecule has 1 N–H and O–H groups in total. The molecule has 3 aliphatic rings. The quantitative estimate of drug-likeness (QED) is 0.579. The Morgan fingerprint density at radius 3 is 3.00 bits per heavy atom. The number of dihydropyridines is 1. The third-order valence-corrected chi connectivity index (χ3v) is 2.72. The number of nitrogens with one attached hydrogen (secondary N) is 1. The minimum Gasteiger partial charge on any atom is -0.292 e. The molecule has 2 aliphatic heterocycles. The number of aliphatic imine (C=N–C) groups is 1. The van der Waals surface area contributed by atoms with Gasteiger partial charge in [0.1, 0.15) is 18.4 Å². The molecule has 0 radical (unpaired) electrons. The first-order valence-electron chi connectivity index (χ1n) is 4.78. The second-order valence-electron chi connectivity index (χ2n) is 3.69. The van der Waals surface area contributed by atoms with E-state index < -0.39 is 12.0 Å². The van der Waals surface area contributed by atoms with Gasteiger partial charge in [-0.3, -0.25) is 19.6 Å². The lowest BCUT2D eigenvalue weighted by molar-refractivity contribution is -0.126. The first-order valence-corrected chi connectivity index (χ1v) is 4.78. The van der Waals surface area contributed by atoms with E-state index in [0.717, 1.165) is 0 Å². The van der Waals surface area contributed by atoms with Gasteiger partial charge in [0.2, 0.25) is 0 Å². The molecule has 5 nitrogen and oxygen atoms in total. The fraction of sp³-hybridized carbons (Fsp3) is 0.300. The van der Waals surface area contributed by atoms with Crippen LogP contribution in [0.3, 0.4) is 0 Å². The number of Topliss-reactive ketones (excluding diaryl/α,β-unsaturated/α-hetero) is 1. The second-order valence-corrected chi connectivity index (χ2v) is 3.69. The largest absolute Gasteiger partial charge is 0.292 e. The van der Waals surface area contributed by atoms with Gasteiger partial charge in [0.15, 0.2) is 11.6 Å². The van der Waals surface area contributed by atoms with Gasteiger partial charge in [0.05, 0.1) is 5.92 Å². The SMILES string of the molecule is O=C1C(N2CN2)=CC(=O)C2N=CC=CC12. The molecule has 2 unspecified atom stereocenters. The Kier molecular flexibility index (Phi) is 1.63. The van der Waals surface area contributed by atoms with Crippen molar-refractivity contribution in [3.05, 3.63) is 23.9 Å². The number of hydrazine groups is 1. The van der Waals surface area contributed by atoms with Crippen molar-refractivity contribution in [1.82, 2.24) is 10.4 Å². The average molecular weight is 203 g/mol. The van der Waals surface area contributed by atoms with Crippen molar-refractivity contribution >= 4 is 17.8 Å². The highest BCUT2D eigenvalue weighted by Gasteiger charge is 2.41. The zero-order chi connectivity index (χ0) is 10.4. The first-order chi connectivity index (χ1) is 7.27. The maximum Gasteiger partial charge on any atom is 0.189 e. The molecule has 0 aromatic heterocycles. The van der Waals surface area contributed by atoms with Gasteiger partial charge < -0.3 is 0 Å². The van der Waals surface area contributed by atoms with Crippen LogP contribution in [0.1, 0.15) is 0 Å². The molecule has 0 spiro atoms. The molecule has 0 aromatic rings. The Morgan fingerprint density at radius 2 is 2.27 bits per heavy atom. The molecule has 5 heteroatoms. The molecule has 0 bridgehead atoms. The fourth-order valence-corrected chi connectivity index (χ4v) is 1.87. The number of rotatable bonds is 1. The Labute approximate surface area is 86.1 Å². The molecular weight excluding hydrogens is 194 g/mol. The van der Waals surface area contributed by atoms with E-state index in [1.165, 1.54) is 6.08 Å². The van der Waals surface area contributed by atoms with E-state index in [9.17, 15) is 9.59 Å². The maximum absolute atomic E-state index is 12.0. The van der Waals surface area contributed by atoms with Crippen LogP contribution in [0.25, 0.3) is 0 Å². The minimum atomic E-state index is -0.536. The summed E-state index contributed by atoms with van der Waals surface area (Å²) in [7, 11) is 0. The molecule has 1 aliphatic carbocycles. The molecule has 0 aromatic carbocycles. The zero-order valence-corrected chi connectivity index (χ0v) is 7.88. The van der Waals surface area contributed by atoms with Crippen LogP contribution >= 0.6 is 0 Å². The van der Waals surface area contributed by atoms with Gasteiger partial charge in [0, 0.05) is 12.3 Å². The van der Waals surface area contributed by atoms with Crippen LogP contribution in [-0.2, 0) is 9.59 Å². The highest BCUT2D eigenvalue weighted by Crippen LogP contribution is 2.27. The number of hydrogen-bond donors (Lipinski definition) is 1. The van der Waals surface area contributed by atoms with Gasteiger partial charge in [-0.05, 0) is 6.08 Å². The summed E-state index contributed by atoms with van der Waals surface area (Å²) in [4.78, 5) is 27.7. The number of fused-ring (bicyclic) bond motifs is 1. The number of allylic oxidation sites excluding steroid dienone is 2. The Bertz CT molecular complexity index is 432. The van der Waals surface area contributed by atoms with Gasteiger partial charge in [0.25, 0.3) is 0 Å². The number of hydrogen-bond acceptors (Lipinski definition) is 5. The number of carbonyl (C=O) groups is 2. The summed E-state index contributed by atoms with van der Waals surface area (Å²) >= 11 is 0. The number of ketones is 2. The molecule has 0 amide bonds. The van der Waals surface area contributed by atoms with Crippen molar-refractivity contribution in [2.75, 3.05) is 6.67 Å². The summed E-state index contributed by atoms with van der Waals surface area (Å²) in [5.74, 6) is -0.536. The lowest BCUT2D eigenvalue weighted by Crippen LogP contribution is -2.40. The molecule has 1 saturated heterocycles. The van der Waals surface area contributed by atoms with E-state index in [1.807, 2.05) is 0 Å². The molecular formula is C10H9N3O2. The highest BCUT2D eigenvalue weighted by molar-refractivity contribution is 6.13. The van der Waals surface area contributed by atoms with Crippen molar-refractivity contribution in [1.29, 1.82) is 0 Å². The maximum atomic E-state index is 12.0. The van der Waals surface area contributed by atoms with Gasteiger partial charge >= 0.3 is 0 Å². The highest BCUT2D eigenvalue weighted by atomic mass is 16.1. The molecule has 2 atom stereocenters. The van der Waals surface area contributed by atoms with Gasteiger partial charge in [-0.25, -0.2) is 5.43 Å². The van der Waals surface area contributed by atoms with Crippen LogP contribution in [0.5, 0.6) is 0 Å². The van der Waals surface area contributed by atoms with E-state index in [-0.39, 0.29) is 11.6 Å². The smallest absolute Gasteiger partial charge is 0.189 e. The van der Waals surface area contributed by atoms with Crippen molar-refractivity contribution < 1.29 is 9.59 Å². The minimum absolute atomic E-state index is 0.0299. The van der Waals surface area contributed by atoms with Crippen LogP contribution in [-0.4, -0.2) is 35.5 Å². The first kappa shape index (κ1) is 8.55. The number of nitrogens with zero attached hydrogens (tertiary/aromatic N) is 2. The predicted octanol–water partition coefficient (Wildman–Crippen LogP) is -0.575. The van der Waals surface area contributed by atoms with Gasteiger partial charge in [-0.2, -0.15) is 0 Å². The van der Waals surface area contributed by atoms with Crippen LogP contribution < -0.4 is 5.43 Å². The van der Waals surface area contributed by atoms with Crippen molar-refractivity contribution in [3.8, 4) is 0 Å². The normalized spacial score (nSPS) is 32.8. The van der Waals surface area contributed by atoms with Gasteiger partial charge in [-0.1, -0.05) is 6.08 Å². The molecule has 76 valence electrons. The number of carbonyl (C=O) groups excluding carboxylic acids is 2. The third kappa shape index (κ3) is 1.24. The summed E-state index contributed by atoms with van der Waals surface area (Å²) in [5.41, 5.74) is 3.34. The van der Waals surface area contributed by atoms with Crippen molar-refractivity contribution in [2.45, 2.75) is 6.04 Å². The average Bonchev–Trinajstić information content (AvgIpc) is 3.07. The zero-order valence-electron chi connectivity index (χ0n) is 7.88. The third-order valence-electron chi connectivity index (χ3n) is 2.72. The van der Waals surface area contributed by atoms with E-state index in [2.05, 4.69) is 10.4 Å². The lowest BCUT2D eigenvalue weighted by atomic mass is 9.84. The van der Waals surface area contributed by atoms with E-state index in [0.29, 0.717) is 12.4 Å². The van der Waals surface area contributed by atoms with Crippen molar-refractivity contribution in [3.63, 3.8) is 0 Å². The monoisotopic (exact) mass is 203 g/mol. The summed E-state index contributed by atoms with van der Waals surface area (Å²) in [6, 6.07) is -0.536. The van der Waals surface area contributed by atoms with Gasteiger partial charge in [-0.15, -0.1) is 0 Å². The second kappa shape index (κ2) is 2.87.